The molecule has 2 nitrogen and oxygen atoms in total. The van der Waals surface area contributed by atoms with Crippen LogP contribution in [-0.4, -0.2) is 6.54 Å². The Hall–Kier alpha value is -0.990. The number of fused-ring (bicyclic) bond motifs is 1. The van der Waals surface area contributed by atoms with E-state index in [1.807, 2.05) is 24.3 Å². The summed E-state index contributed by atoms with van der Waals surface area (Å²) in [5, 5.41) is 1.75. The summed E-state index contributed by atoms with van der Waals surface area (Å²) < 4.78 is 5.74. The number of hydrogen-bond acceptors (Lipinski definition) is 2. The maximum Gasteiger partial charge on any atom is 0.134 e. The van der Waals surface area contributed by atoms with E-state index in [-0.39, 0.29) is 5.41 Å². The molecule has 0 saturated heterocycles. The zero-order chi connectivity index (χ0) is 11.1. The molecule has 0 saturated carbocycles. The highest BCUT2D eigenvalue weighted by Crippen LogP contribution is 2.30. The van der Waals surface area contributed by atoms with E-state index in [0.717, 1.165) is 21.8 Å². The number of hydrogen-bond donors (Lipinski definition) is 1. The lowest BCUT2D eigenvalue weighted by molar-refractivity contribution is 0.409. The van der Waals surface area contributed by atoms with Crippen molar-refractivity contribution >= 4 is 22.6 Å². The van der Waals surface area contributed by atoms with Gasteiger partial charge in [-0.3, -0.25) is 0 Å². The first-order valence-electron chi connectivity index (χ1n) is 4.92. The van der Waals surface area contributed by atoms with Gasteiger partial charge in [-0.15, -0.1) is 0 Å². The summed E-state index contributed by atoms with van der Waals surface area (Å²) in [5.41, 5.74) is 6.43. The van der Waals surface area contributed by atoms with E-state index in [0.29, 0.717) is 6.54 Å². The summed E-state index contributed by atoms with van der Waals surface area (Å²) >= 11 is 5.91. The second kappa shape index (κ2) is 3.54. The summed E-state index contributed by atoms with van der Waals surface area (Å²) in [6.07, 6.45) is 0. The molecule has 0 aliphatic carbocycles. The number of furan rings is 1. The van der Waals surface area contributed by atoms with Crippen molar-refractivity contribution in [2.45, 2.75) is 19.3 Å². The van der Waals surface area contributed by atoms with Gasteiger partial charge in [-0.25, -0.2) is 0 Å². The van der Waals surface area contributed by atoms with Crippen LogP contribution in [0.2, 0.25) is 5.02 Å². The molecule has 0 amide bonds. The monoisotopic (exact) mass is 223 g/mol. The van der Waals surface area contributed by atoms with Crippen molar-refractivity contribution in [2.24, 2.45) is 5.73 Å². The Morgan fingerprint density at radius 3 is 2.73 bits per heavy atom. The van der Waals surface area contributed by atoms with Gasteiger partial charge in [0.05, 0.1) is 0 Å². The molecule has 80 valence electrons. The number of benzene rings is 1. The fourth-order valence-electron chi connectivity index (χ4n) is 1.45. The maximum atomic E-state index is 5.91. The molecule has 3 heteroatoms. The topological polar surface area (TPSA) is 39.2 Å². The van der Waals surface area contributed by atoms with E-state index in [4.69, 9.17) is 21.8 Å². The molecular weight excluding hydrogens is 210 g/mol. The van der Waals surface area contributed by atoms with Gasteiger partial charge in [-0.05, 0) is 24.3 Å². The lowest BCUT2D eigenvalue weighted by Crippen LogP contribution is -2.27. The smallest absolute Gasteiger partial charge is 0.134 e. The third-order valence-electron chi connectivity index (χ3n) is 2.66. The van der Waals surface area contributed by atoms with E-state index in [9.17, 15) is 0 Å². The van der Waals surface area contributed by atoms with Gasteiger partial charge >= 0.3 is 0 Å². The van der Waals surface area contributed by atoms with Crippen molar-refractivity contribution in [3.05, 3.63) is 35.0 Å². The molecule has 1 aromatic heterocycles. The highest BCUT2D eigenvalue weighted by atomic mass is 35.5. The third-order valence-corrected chi connectivity index (χ3v) is 2.89. The summed E-state index contributed by atoms with van der Waals surface area (Å²) in [4.78, 5) is 0. The van der Waals surface area contributed by atoms with Crippen LogP contribution in [0.3, 0.4) is 0 Å². The van der Waals surface area contributed by atoms with Crippen LogP contribution in [0, 0.1) is 0 Å². The minimum absolute atomic E-state index is 0.133. The molecule has 0 unspecified atom stereocenters. The minimum atomic E-state index is -0.133. The van der Waals surface area contributed by atoms with E-state index >= 15 is 0 Å². The molecule has 0 aliphatic heterocycles. The van der Waals surface area contributed by atoms with Crippen molar-refractivity contribution in [1.82, 2.24) is 0 Å². The summed E-state index contributed by atoms with van der Waals surface area (Å²) in [5.74, 6) is 0.905. The Bertz CT molecular complexity index is 487. The van der Waals surface area contributed by atoms with Crippen molar-refractivity contribution in [1.29, 1.82) is 0 Å². The van der Waals surface area contributed by atoms with Crippen LogP contribution in [0.5, 0.6) is 0 Å². The molecule has 2 aromatic rings. The van der Waals surface area contributed by atoms with Crippen LogP contribution in [0.1, 0.15) is 19.6 Å². The van der Waals surface area contributed by atoms with E-state index in [1.54, 1.807) is 0 Å². The Morgan fingerprint density at radius 2 is 2.07 bits per heavy atom. The average Bonchev–Trinajstić information content (AvgIpc) is 2.61. The minimum Gasteiger partial charge on any atom is -0.460 e. The van der Waals surface area contributed by atoms with Crippen LogP contribution in [-0.2, 0) is 5.41 Å². The Kier molecular flexibility index (Phi) is 2.49. The highest BCUT2D eigenvalue weighted by Gasteiger charge is 2.23. The fourth-order valence-corrected chi connectivity index (χ4v) is 1.63. The normalized spacial score (nSPS) is 12.3. The SMILES string of the molecule is CC(C)(CN)c1cc2cc(Cl)ccc2o1. The van der Waals surface area contributed by atoms with Crippen LogP contribution in [0.15, 0.2) is 28.7 Å². The lowest BCUT2D eigenvalue weighted by atomic mass is 9.90. The number of rotatable bonds is 2. The Labute approximate surface area is 94.0 Å². The second-order valence-corrected chi connectivity index (χ2v) is 4.82. The van der Waals surface area contributed by atoms with Gasteiger partial charge in [-0.2, -0.15) is 0 Å². The molecule has 0 aliphatic rings. The average molecular weight is 224 g/mol. The first-order valence-corrected chi connectivity index (χ1v) is 5.30. The third kappa shape index (κ3) is 1.87. The molecular formula is C12H14ClNO. The summed E-state index contributed by atoms with van der Waals surface area (Å²) in [6, 6.07) is 7.62. The molecule has 0 spiro atoms. The van der Waals surface area contributed by atoms with Crippen molar-refractivity contribution in [2.75, 3.05) is 6.54 Å². The quantitative estimate of drug-likeness (QED) is 0.848. The molecule has 15 heavy (non-hydrogen) atoms. The Balaban J connectivity index is 2.56. The molecule has 0 fully saturated rings. The number of halogens is 1. The molecule has 2 N–H and O–H groups in total. The predicted octanol–water partition coefficient (Wildman–Crippen LogP) is 3.32. The van der Waals surface area contributed by atoms with Crippen LogP contribution < -0.4 is 5.73 Å². The second-order valence-electron chi connectivity index (χ2n) is 4.38. The van der Waals surface area contributed by atoms with Gasteiger partial charge in [0, 0.05) is 22.4 Å². The lowest BCUT2D eigenvalue weighted by Gasteiger charge is -2.18. The molecule has 2 rings (SSSR count). The van der Waals surface area contributed by atoms with Gasteiger partial charge in [0.2, 0.25) is 0 Å². The molecule has 0 radical (unpaired) electrons. The van der Waals surface area contributed by atoms with Gasteiger partial charge in [0.25, 0.3) is 0 Å². The van der Waals surface area contributed by atoms with Crippen molar-refractivity contribution < 1.29 is 4.42 Å². The van der Waals surface area contributed by atoms with Crippen molar-refractivity contribution in [3.63, 3.8) is 0 Å². The first kappa shape index (κ1) is 10.5. The van der Waals surface area contributed by atoms with Crippen LogP contribution in [0.4, 0.5) is 0 Å². The van der Waals surface area contributed by atoms with Gasteiger partial charge in [0.15, 0.2) is 0 Å². The Morgan fingerprint density at radius 1 is 1.33 bits per heavy atom. The standard InChI is InChI=1S/C12H14ClNO/c1-12(2,7-14)11-6-8-5-9(13)3-4-10(8)15-11/h3-6H,7,14H2,1-2H3. The molecule has 0 bridgehead atoms. The van der Waals surface area contributed by atoms with Gasteiger partial charge in [-0.1, -0.05) is 25.4 Å². The van der Waals surface area contributed by atoms with E-state index < -0.39 is 0 Å². The largest absolute Gasteiger partial charge is 0.460 e. The fraction of sp³-hybridized carbons (Fsp3) is 0.333. The number of nitrogens with two attached hydrogens (primary N) is 1. The zero-order valence-electron chi connectivity index (χ0n) is 8.88. The van der Waals surface area contributed by atoms with Crippen LogP contribution in [0.25, 0.3) is 11.0 Å². The van der Waals surface area contributed by atoms with Crippen molar-refractivity contribution in [3.8, 4) is 0 Å². The van der Waals surface area contributed by atoms with Gasteiger partial charge < -0.3 is 10.2 Å². The molecule has 1 aromatic carbocycles. The molecule has 1 heterocycles. The summed E-state index contributed by atoms with van der Waals surface area (Å²) in [7, 11) is 0. The first-order chi connectivity index (χ1) is 7.03. The summed E-state index contributed by atoms with van der Waals surface area (Å²) in [6.45, 7) is 4.68. The zero-order valence-corrected chi connectivity index (χ0v) is 9.64. The van der Waals surface area contributed by atoms with Gasteiger partial charge in [0.1, 0.15) is 11.3 Å². The maximum absolute atomic E-state index is 5.91. The van der Waals surface area contributed by atoms with E-state index in [2.05, 4.69) is 13.8 Å². The van der Waals surface area contributed by atoms with E-state index in [1.165, 1.54) is 0 Å². The molecule has 0 atom stereocenters. The predicted molar refractivity (Wildman–Crippen MR) is 63.3 cm³/mol. The van der Waals surface area contributed by atoms with Crippen LogP contribution >= 0.6 is 11.6 Å². The highest BCUT2D eigenvalue weighted by molar-refractivity contribution is 6.31.